The van der Waals surface area contributed by atoms with E-state index >= 15 is 0 Å². The number of nitrogens with one attached hydrogen (secondary N) is 2. The van der Waals surface area contributed by atoms with Crippen molar-refractivity contribution in [3.63, 3.8) is 0 Å². The van der Waals surface area contributed by atoms with Gasteiger partial charge < -0.3 is 10.1 Å². The van der Waals surface area contributed by atoms with Crippen molar-refractivity contribution < 1.29 is 9.90 Å². The maximum absolute atomic E-state index is 12.2. The first-order valence-electron chi connectivity index (χ1n) is 7.98. The minimum Gasteiger partial charge on any atom is -0.508 e. The van der Waals surface area contributed by atoms with Crippen LogP contribution in [0.5, 0.6) is 5.75 Å². The van der Waals surface area contributed by atoms with Crippen molar-refractivity contribution in [3.8, 4) is 5.75 Å². The molecule has 0 aliphatic heterocycles. The number of amides is 1. The maximum atomic E-state index is 12.2. The Morgan fingerprint density at radius 3 is 2.88 bits per heavy atom. The number of phenolic OH excluding ortho intramolecular Hbond substituents is 1. The molecule has 0 spiro atoms. The molecule has 0 atom stereocenters. The van der Waals surface area contributed by atoms with Gasteiger partial charge in [-0.1, -0.05) is 24.3 Å². The topological polar surface area (TPSA) is 77.5 Å². The summed E-state index contributed by atoms with van der Waals surface area (Å²) in [4.78, 5) is 15.6. The number of nitrogens with zero attached hydrogens (tertiary/aromatic N) is 1. The van der Waals surface area contributed by atoms with Crippen molar-refractivity contribution in [2.75, 3.05) is 0 Å². The van der Waals surface area contributed by atoms with Gasteiger partial charge in [-0.3, -0.25) is 4.79 Å². The Balaban J connectivity index is 1.64. The zero-order valence-corrected chi connectivity index (χ0v) is 13.0. The molecule has 0 saturated carbocycles. The highest BCUT2D eigenvalue weighted by molar-refractivity contribution is 6.07. The van der Waals surface area contributed by atoms with Crippen LogP contribution in [0.15, 0.2) is 53.6 Å². The van der Waals surface area contributed by atoms with Crippen LogP contribution in [0.4, 0.5) is 0 Å². The predicted molar refractivity (Wildman–Crippen MR) is 93.3 cm³/mol. The summed E-state index contributed by atoms with van der Waals surface area (Å²) in [6.07, 6.45) is 2.84. The molecule has 0 fully saturated rings. The number of fused-ring (bicyclic) bond motifs is 3. The Bertz CT molecular complexity index is 956. The fraction of sp³-hybridized carbons (Fsp3) is 0.158. The molecule has 120 valence electrons. The standard InChI is InChI=1S/C19H17N3O2/c23-13-6-3-5-12(11-13)19(24)22-21-17-10-4-8-15-14-7-1-2-9-16(14)20-18(15)17/h1-3,5-7,9,11,20,23H,4,8,10H2,(H,22,24)/b21-17+. The highest BCUT2D eigenvalue weighted by atomic mass is 16.3. The molecular formula is C19H17N3O2. The molecule has 24 heavy (non-hydrogen) atoms. The quantitative estimate of drug-likeness (QED) is 0.634. The van der Waals surface area contributed by atoms with Crippen LogP contribution < -0.4 is 5.43 Å². The van der Waals surface area contributed by atoms with Crippen LogP contribution in [-0.2, 0) is 6.42 Å². The Morgan fingerprint density at radius 2 is 2.00 bits per heavy atom. The Labute approximate surface area is 139 Å². The van der Waals surface area contributed by atoms with E-state index in [1.54, 1.807) is 12.1 Å². The van der Waals surface area contributed by atoms with E-state index in [0.717, 1.165) is 36.2 Å². The second-order valence-corrected chi connectivity index (χ2v) is 5.93. The van der Waals surface area contributed by atoms with E-state index in [1.807, 2.05) is 12.1 Å². The molecule has 1 aliphatic carbocycles. The van der Waals surface area contributed by atoms with Crippen LogP contribution in [-0.4, -0.2) is 21.7 Å². The number of para-hydroxylation sites is 1. The number of carbonyl (C=O) groups excluding carboxylic acids is 1. The molecule has 1 aliphatic rings. The summed E-state index contributed by atoms with van der Waals surface area (Å²) in [7, 11) is 0. The van der Waals surface area contributed by atoms with Crippen LogP contribution in [0.25, 0.3) is 10.9 Å². The monoisotopic (exact) mass is 319 g/mol. The van der Waals surface area contributed by atoms with Crippen LogP contribution in [0, 0.1) is 0 Å². The van der Waals surface area contributed by atoms with Crippen molar-refractivity contribution in [1.29, 1.82) is 0 Å². The third-order valence-electron chi connectivity index (χ3n) is 4.34. The number of hydrogen-bond acceptors (Lipinski definition) is 3. The van der Waals surface area contributed by atoms with Gasteiger partial charge in [0.25, 0.3) is 5.91 Å². The number of rotatable bonds is 2. The normalized spacial score (nSPS) is 15.4. The second-order valence-electron chi connectivity index (χ2n) is 5.93. The molecule has 2 aromatic carbocycles. The number of aryl methyl sites for hydroxylation is 1. The second kappa shape index (κ2) is 5.85. The number of aromatic amines is 1. The molecule has 3 aromatic rings. The molecule has 4 rings (SSSR count). The van der Waals surface area contributed by atoms with Gasteiger partial charge in [0.05, 0.1) is 11.4 Å². The van der Waals surface area contributed by atoms with Gasteiger partial charge in [0.2, 0.25) is 0 Å². The predicted octanol–water partition coefficient (Wildman–Crippen LogP) is 3.34. The Hall–Kier alpha value is -3.08. The van der Waals surface area contributed by atoms with Crippen molar-refractivity contribution in [2.45, 2.75) is 19.3 Å². The first-order chi connectivity index (χ1) is 11.7. The maximum Gasteiger partial charge on any atom is 0.271 e. The highest BCUT2D eigenvalue weighted by Gasteiger charge is 2.20. The summed E-state index contributed by atoms with van der Waals surface area (Å²) in [5.41, 5.74) is 7.22. The number of carbonyl (C=O) groups is 1. The van der Waals surface area contributed by atoms with Gasteiger partial charge in [-0.25, -0.2) is 5.43 Å². The van der Waals surface area contributed by atoms with Gasteiger partial charge in [-0.15, -0.1) is 0 Å². The van der Waals surface area contributed by atoms with E-state index in [0.29, 0.717) is 5.56 Å². The van der Waals surface area contributed by atoms with Crippen LogP contribution in [0.3, 0.4) is 0 Å². The van der Waals surface area contributed by atoms with Crippen LogP contribution in [0.2, 0.25) is 0 Å². The molecular weight excluding hydrogens is 302 g/mol. The summed E-state index contributed by atoms with van der Waals surface area (Å²) in [5, 5.41) is 15.0. The molecule has 0 unspecified atom stereocenters. The number of H-pyrrole nitrogens is 1. The summed E-state index contributed by atoms with van der Waals surface area (Å²) < 4.78 is 0. The van der Waals surface area contributed by atoms with Gasteiger partial charge in [0.1, 0.15) is 5.75 Å². The first-order valence-corrected chi connectivity index (χ1v) is 7.98. The minimum absolute atomic E-state index is 0.0610. The molecule has 1 amide bonds. The van der Waals surface area contributed by atoms with Gasteiger partial charge in [-0.05, 0) is 49.1 Å². The van der Waals surface area contributed by atoms with E-state index in [-0.39, 0.29) is 11.7 Å². The number of aromatic hydroxyl groups is 1. The molecule has 0 radical (unpaired) electrons. The number of phenols is 1. The van der Waals surface area contributed by atoms with Crippen LogP contribution >= 0.6 is 0 Å². The fourth-order valence-electron chi connectivity index (χ4n) is 3.21. The average Bonchev–Trinajstić information content (AvgIpc) is 2.99. The van der Waals surface area contributed by atoms with Crippen LogP contribution in [0.1, 0.15) is 34.5 Å². The third-order valence-corrected chi connectivity index (χ3v) is 4.34. The lowest BCUT2D eigenvalue weighted by atomic mass is 9.94. The molecule has 0 saturated heterocycles. The summed E-state index contributed by atoms with van der Waals surface area (Å²) in [6.45, 7) is 0. The molecule has 5 nitrogen and oxygen atoms in total. The number of benzene rings is 2. The van der Waals surface area contributed by atoms with Crippen molar-refractivity contribution >= 4 is 22.5 Å². The van der Waals surface area contributed by atoms with Crippen molar-refractivity contribution in [2.24, 2.45) is 5.10 Å². The zero-order chi connectivity index (χ0) is 16.5. The Kier molecular flexibility index (Phi) is 3.54. The average molecular weight is 319 g/mol. The van der Waals surface area contributed by atoms with Gasteiger partial charge in [-0.2, -0.15) is 5.10 Å². The van der Waals surface area contributed by atoms with E-state index in [2.05, 4.69) is 27.6 Å². The molecule has 0 bridgehead atoms. The SMILES string of the molecule is O=C(N/N=C1\CCCc2c1[nH]c1ccccc21)c1cccc(O)c1. The third kappa shape index (κ3) is 2.54. The molecule has 5 heteroatoms. The van der Waals surface area contributed by atoms with Crippen molar-refractivity contribution in [1.82, 2.24) is 10.4 Å². The lowest BCUT2D eigenvalue weighted by Gasteiger charge is -2.14. The van der Waals surface area contributed by atoms with E-state index < -0.39 is 0 Å². The van der Waals surface area contributed by atoms with Gasteiger partial charge in [0.15, 0.2) is 0 Å². The highest BCUT2D eigenvalue weighted by Crippen LogP contribution is 2.29. The smallest absolute Gasteiger partial charge is 0.271 e. The van der Waals surface area contributed by atoms with E-state index in [9.17, 15) is 9.90 Å². The van der Waals surface area contributed by atoms with Crippen molar-refractivity contribution in [3.05, 3.63) is 65.4 Å². The minimum atomic E-state index is -0.332. The first kappa shape index (κ1) is 14.5. The summed E-state index contributed by atoms with van der Waals surface area (Å²) >= 11 is 0. The van der Waals surface area contributed by atoms with Gasteiger partial charge in [0, 0.05) is 16.5 Å². The van der Waals surface area contributed by atoms with Gasteiger partial charge >= 0.3 is 0 Å². The summed E-state index contributed by atoms with van der Waals surface area (Å²) in [6, 6.07) is 14.4. The number of hydrazone groups is 1. The molecule has 1 heterocycles. The number of hydrogen-bond donors (Lipinski definition) is 3. The fourth-order valence-corrected chi connectivity index (χ4v) is 3.21. The lowest BCUT2D eigenvalue weighted by Crippen LogP contribution is -2.22. The lowest BCUT2D eigenvalue weighted by molar-refractivity contribution is 0.0954. The molecule has 3 N–H and O–H groups in total. The zero-order valence-electron chi connectivity index (χ0n) is 13.0. The van der Waals surface area contributed by atoms with E-state index in [1.165, 1.54) is 23.1 Å². The number of aromatic nitrogens is 1. The Morgan fingerprint density at radius 1 is 1.12 bits per heavy atom. The molecule has 1 aromatic heterocycles. The van der Waals surface area contributed by atoms with E-state index in [4.69, 9.17) is 0 Å². The summed E-state index contributed by atoms with van der Waals surface area (Å²) in [5.74, 6) is -0.271. The largest absolute Gasteiger partial charge is 0.508 e.